The van der Waals surface area contributed by atoms with Crippen molar-refractivity contribution >= 4 is 25.2 Å². The van der Waals surface area contributed by atoms with E-state index >= 15 is 0 Å². The molecule has 0 spiro atoms. The minimum Gasteiger partial charge on any atom is -0.528 e. The lowest BCUT2D eigenvalue weighted by Crippen LogP contribution is -2.40. The molecule has 138 valence electrons. The van der Waals surface area contributed by atoms with Crippen LogP contribution in [-0.4, -0.2) is 51.9 Å². The number of nitrogens with one attached hydrogen (secondary N) is 1. The van der Waals surface area contributed by atoms with E-state index in [-0.39, 0.29) is 17.6 Å². The van der Waals surface area contributed by atoms with E-state index in [4.69, 9.17) is 9.64 Å². The van der Waals surface area contributed by atoms with E-state index in [0.717, 1.165) is 25.7 Å². The van der Waals surface area contributed by atoms with Gasteiger partial charge in [0.25, 0.3) is 5.56 Å². The van der Waals surface area contributed by atoms with Gasteiger partial charge in [0.2, 0.25) is 0 Å². The molecule has 1 unspecified atom stereocenters. The predicted octanol–water partition coefficient (Wildman–Crippen LogP) is 1.49. The highest BCUT2D eigenvalue weighted by molar-refractivity contribution is 6.05. The molecule has 2 fully saturated rings. The van der Waals surface area contributed by atoms with Crippen LogP contribution in [0.25, 0.3) is 11.0 Å². The maximum atomic E-state index is 12.6. The van der Waals surface area contributed by atoms with Crippen molar-refractivity contribution in [3.8, 4) is 0 Å². The molecule has 1 saturated carbocycles. The highest BCUT2D eigenvalue weighted by atomic mass is 16.5. The number of rotatable bonds is 2. The number of hydrogen-bond donors (Lipinski definition) is 1. The molecule has 1 aliphatic carbocycles. The van der Waals surface area contributed by atoms with Crippen LogP contribution in [0.2, 0.25) is 0 Å². The number of nitrogens with zero attached hydrogens (tertiary/aromatic N) is 4. The highest BCUT2D eigenvalue weighted by Crippen LogP contribution is 2.30. The first-order valence-electron chi connectivity index (χ1n) is 9.47. The SMILES string of the molecule is BOC(=O)N1CCCC(c2nc3c(cnn3C3CCCCC3)c(=O)[nH]2)C1. The van der Waals surface area contributed by atoms with Crippen LogP contribution in [0.1, 0.15) is 62.7 Å². The Kier molecular flexibility index (Phi) is 4.69. The third kappa shape index (κ3) is 3.10. The zero-order valence-electron chi connectivity index (χ0n) is 15.1. The van der Waals surface area contributed by atoms with E-state index < -0.39 is 0 Å². The van der Waals surface area contributed by atoms with Crippen LogP contribution < -0.4 is 5.56 Å². The number of hydrogen-bond acceptors (Lipinski definition) is 5. The Morgan fingerprint density at radius 3 is 2.81 bits per heavy atom. The molecule has 1 atom stereocenters. The molecular formula is C17H24BN5O3. The summed E-state index contributed by atoms with van der Waals surface area (Å²) in [7, 11) is 1.39. The van der Waals surface area contributed by atoms with Crippen molar-refractivity contribution in [2.24, 2.45) is 0 Å². The number of H-pyrrole nitrogens is 1. The lowest BCUT2D eigenvalue weighted by molar-refractivity contribution is 0.139. The lowest BCUT2D eigenvalue weighted by Gasteiger charge is -2.31. The summed E-state index contributed by atoms with van der Waals surface area (Å²) < 4.78 is 6.77. The van der Waals surface area contributed by atoms with Gasteiger partial charge in [0.1, 0.15) is 11.2 Å². The van der Waals surface area contributed by atoms with Crippen molar-refractivity contribution in [1.82, 2.24) is 24.6 Å². The lowest BCUT2D eigenvalue weighted by atomic mass is 9.95. The average molecular weight is 357 g/mol. The summed E-state index contributed by atoms with van der Waals surface area (Å²) in [4.78, 5) is 33.8. The van der Waals surface area contributed by atoms with E-state index in [0.29, 0.717) is 36.0 Å². The Morgan fingerprint density at radius 2 is 2.04 bits per heavy atom. The summed E-state index contributed by atoms with van der Waals surface area (Å²) >= 11 is 0. The van der Waals surface area contributed by atoms with Crippen molar-refractivity contribution in [2.75, 3.05) is 13.1 Å². The van der Waals surface area contributed by atoms with Crippen LogP contribution in [0.5, 0.6) is 0 Å². The second-order valence-electron chi connectivity index (χ2n) is 7.32. The summed E-state index contributed by atoms with van der Waals surface area (Å²) in [6.07, 6.45) is 8.87. The van der Waals surface area contributed by atoms with Gasteiger partial charge in [-0.1, -0.05) is 19.3 Å². The Balaban J connectivity index is 1.67. The molecule has 1 N–H and O–H groups in total. The minimum atomic E-state index is -0.328. The maximum absolute atomic E-state index is 12.6. The number of piperidine rings is 1. The first-order chi connectivity index (χ1) is 12.7. The number of carbonyl (C=O) groups is 1. The van der Waals surface area contributed by atoms with Crippen LogP contribution >= 0.6 is 0 Å². The van der Waals surface area contributed by atoms with Crippen molar-refractivity contribution in [3.63, 3.8) is 0 Å². The number of fused-ring (bicyclic) bond motifs is 1. The van der Waals surface area contributed by atoms with Gasteiger partial charge in [-0.15, -0.1) is 0 Å². The van der Waals surface area contributed by atoms with Crippen molar-refractivity contribution < 1.29 is 9.45 Å². The van der Waals surface area contributed by atoms with Gasteiger partial charge < -0.3 is 14.5 Å². The Bertz CT molecular complexity index is 858. The Hall–Kier alpha value is -2.32. The van der Waals surface area contributed by atoms with Gasteiger partial charge in [0, 0.05) is 19.0 Å². The van der Waals surface area contributed by atoms with E-state index in [1.165, 1.54) is 27.3 Å². The third-order valence-corrected chi connectivity index (χ3v) is 5.64. The fourth-order valence-corrected chi connectivity index (χ4v) is 4.23. The number of likely N-dealkylation sites (tertiary alicyclic amines) is 1. The monoisotopic (exact) mass is 357 g/mol. The Labute approximate surface area is 152 Å². The Morgan fingerprint density at radius 1 is 1.23 bits per heavy atom. The van der Waals surface area contributed by atoms with Crippen LogP contribution in [0, 0.1) is 0 Å². The molecule has 26 heavy (non-hydrogen) atoms. The number of aromatic amines is 1. The van der Waals surface area contributed by atoms with Gasteiger partial charge in [-0.05, 0) is 25.7 Å². The van der Waals surface area contributed by atoms with Gasteiger partial charge in [-0.3, -0.25) is 4.79 Å². The molecule has 0 aromatic carbocycles. The zero-order valence-corrected chi connectivity index (χ0v) is 15.1. The first kappa shape index (κ1) is 17.1. The maximum Gasteiger partial charge on any atom is 0.391 e. The average Bonchev–Trinajstić information content (AvgIpc) is 3.13. The zero-order chi connectivity index (χ0) is 18.1. The summed E-state index contributed by atoms with van der Waals surface area (Å²) in [6.45, 7) is 1.19. The van der Waals surface area contributed by atoms with Gasteiger partial charge in [0.15, 0.2) is 5.65 Å². The fraction of sp³-hybridized carbons (Fsp3) is 0.647. The van der Waals surface area contributed by atoms with E-state index in [9.17, 15) is 9.59 Å². The molecule has 2 aliphatic rings. The predicted molar refractivity (Wildman–Crippen MR) is 98.8 cm³/mol. The van der Waals surface area contributed by atoms with E-state index in [2.05, 4.69) is 10.1 Å². The topological polar surface area (TPSA) is 93.1 Å². The summed E-state index contributed by atoms with van der Waals surface area (Å²) in [5.41, 5.74) is 0.521. The summed E-state index contributed by atoms with van der Waals surface area (Å²) in [5, 5.41) is 5.01. The minimum absolute atomic E-state index is 0.00894. The molecule has 9 heteroatoms. The molecule has 0 radical (unpaired) electrons. The van der Waals surface area contributed by atoms with Crippen LogP contribution in [0.3, 0.4) is 0 Å². The highest BCUT2D eigenvalue weighted by Gasteiger charge is 2.28. The quantitative estimate of drug-likeness (QED) is 0.822. The van der Waals surface area contributed by atoms with Crippen LogP contribution in [0.4, 0.5) is 4.79 Å². The summed E-state index contributed by atoms with van der Waals surface area (Å²) in [6, 6.07) is 0.321. The van der Waals surface area contributed by atoms with Gasteiger partial charge in [-0.25, -0.2) is 14.5 Å². The van der Waals surface area contributed by atoms with Crippen LogP contribution in [0.15, 0.2) is 11.0 Å². The normalized spacial score (nSPS) is 21.8. The van der Waals surface area contributed by atoms with E-state index in [1.54, 1.807) is 11.1 Å². The second-order valence-corrected chi connectivity index (χ2v) is 7.32. The van der Waals surface area contributed by atoms with Gasteiger partial charge in [-0.2, -0.15) is 5.10 Å². The molecule has 2 aromatic rings. The van der Waals surface area contributed by atoms with Crippen molar-refractivity contribution in [2.45, 2.75) is 56.9 Å². The standard InChI is InChI=1S/C17H24BN5O3/c18-26-17(25)22-8-4-5-11(10-22)14-20-15-13(16(24)21-14)9-19-23(15)12-6-2-1-3-7-12/h9,11-12H,1-8,10,18H2,(H,20,21,24). The van der Waals surface area contributed by atoms with Crippen molar-refractivity contribution in [3.05, 3.63) is 22.4 Å². The molecule has 3 heterocycles. The van der Waals surface area contributed by atoms with Gasteiger partial charge >= 0.3 is 14.1 Å². The second kappa shape index (κ2) is 7.13. The molecule has 1 aliphatic heterocycles. The molecular weight excluding hydrogens is 333 g/mol. The van der Waals surface area contributed by atoms with E-state index in [1.807, 2.05) is 4.68 Å². The molecule has 8 nitrogen and oxygen atoms in total. The number of amides is 1. The smallest absolute Gasteiger partial charge is 0.391 e. The third-order valence-electron chi connectivity index (χ3n) is 5.64. The van der Waals surface area contributed by atoms with Gasteiger partial charge in [0.05, 0.1) is 12.2 Å². The van der Waals surface area contributed by atoms with Crippen molar-refractivity contribution in [1.29, 1.82) is 0 Å². The molecule has 1 saturated heterocycles. The molecule has 0 bridgehead atoms. The number of aromatic nitrogens is 4. The molecule has 4 rings (SSSR count). The first-order valence-corrected chi connectivity index (χ1v) is 9.47. The van der Waals surface area contributed by atoms with Crippen LogP contribution in [-0.2, 0) is 4.65 Å². The molecule has 2 aromatic heterocycles. The largest absolute Gasteiger partial charge is 0.528 e. The number of carbonyl (C=O) groups excluding carboxylic acids is 1. The summed E-state index contributed by atoms with van der Waals surface area (Å²) in [5.74, 6) is 0.656. The molecule has 1 amide bonds. The fourth-order valence-electron chi connectivity index (χ4n) is 4.23.